The van der Waals surface area contributed by atoms with Crippen molar-refractivity contribution in [3.8, 4) is 11.8 Å². The van der Waals surface area contributed by atoms with Gasteiger partial charge in [0.1, 0.15) is 18.5 Å². The van der Waals surface area contributed by atoms with Gasteiger partial charge >= 0.3 is 0 Å². The maximum atomic E-state index is 11.7. The zero-order valence-corrected chi connectivity index (χ0v) is 14.1. The molecule has 1 amide bonds. The number of aliphatic hydroxyl groups is 2. The molecule has 1 aromatic carbocycles. The van der Waals surface area contributed by atoms with E-state index in [2.05, 4.69) is 10.6 Å². The SMILES string of the molecule is CC(C)(CO)C(O)C(=O)NCCNCCOc1ccc(C#N)cc1. The van der Waals surface area contributed by atoms with Crippen LogP contribution in [0.4, 0.5) is 0 Å². The Hall–Kier alpha value is -2.14. The van der Waals surface area contributed by atoms with Gasteiger partial charge < -0.3 is 25.6 Å². The van der Waals surface area contributed by atoms with E-state index in [9.17, 15) is 9.90 Å². The number of rotatable bonds is 10. The van der Waals surface area contributed by atoms with E-state index in [1.165, 1.54) is 0 Å². The fraction of sp³-hybridized carbons (Fsp3) is 0.529. The number of hydrogen-bond donors (Lipinski definition) is 4. The fourth-order valence-electron chi connectivity index (χ4n) is 1.80. The van der Waals surface area contributed by atoms with Gasteiger partial charge in [-0.25, -0.2) is 0 Å². The number of aliphatic hydroxyl groups excluding tert-OH is 2. The highest BCUT2D eigenvalue weighted by Crippen LogP contribution is 2.19. The first-order chi connectivity index (χ1) is 11.4. The number of carbonyl (C=O) groups is 1. The first-order valence-electron chi connectivity index (χ1n) is 7.81. The number of nitrogens with zero attached hydrogens (tertiary/aromatic N) is 1. The number of hydrogen-bond acceptors (Lipinski definition) is 6. The molecule has 7 heteroatoms. The van der Waals surface area contributed by atoms with Gasteiger partial charge in [-0.2, -0.15) is 5.26 Å². The first kappa shape index (κ1) is 19.9. The van der Waals surface area contributed by atoms with Crippen molar-refractivity contribution in [1.29, 1.82) is 5.26 Å². The first-order valence-corrected chi connectivity index (χ1v) is 7.81. The second-order valence-electron chi connectivity index (χ2n) is 6.07. The Morgan fingerprint density at radius 1 is 1.29 bits per heavy atom. The molecule has 0 heterocycles. The lowest BCUT2D eigenvalue weighted by molar-refractivity contribution is -0.137. The predicted octanol–water partition coefficient (Wildman–Crippen LogP) is 0.0223. The van der Waals surface area contributed by atoms with Gasteiger partial charge in [0.2, 0.25) is 5.91 Å². The standard InChI is InChI=1S/C17H25N3O4/c1-17(2,12-21)15(22)16(23)20-8-7-19-9-10-24-14-5-3-13(11-18)4-6-14/h3-6,15,19,21-22H,7-10,12H2,1-2H3,(H,20,23). The van der Waals surface area contributed by atoms with Crippen LogP contribution < -0.4 is 15.4 Å². The molecule has 0 spiro atoms. The number of amides is 1. The number of carbonyl (C=O) groups excluding carboxylic acids is 1. The highest BCUT2D eigenvalue weighted by atomic mass is 16.5. The molecular formula is C17H25N3O4. The minimum atomic E-state index is -1.25. The molecule has 0 saturated heterocycles. The van der Waals surface area contributed by atoms with Crippen LogP contribution in [-0.4, -0.2) is 55.1 Å². The number of ether oxygens (including phenoxy) is 1. The van der Waals surface area contributed by atoms with Gasteiger partial charge in [0.25, 0.3) is 0 Å². The predicted molar refractivity (Wildman–Crippen MR) is 89.4 cm³/mol. The van der Waals surface area contributed by atoms with Crippen LogP contribution >= 0.6 is 0 Å². The normalized spacial score (nSPS) is 12.3. The molecule has 0 aliphatic heterocycles. The van der Waals surface area contributed by atoms with Crippen LogP contribution in [0.1, 0.15) is 19.4 Å². The van der Waals surface area contributed by atoms with Crippen molar-refractivity contribution in [2.24, 2.45) is 5.41 Å². The van der Waals surface area contributed by atoms with E-state index in [0.29, 0.717) is 37.6 Å². The fourth-order valence-corrected chi connectivity index (χ4v) is 1.80. The summed E-state index contributed by atoms with van der Waals surface area (Å²) in [6, 6.07) is 8.90. The van der Waals surface area contributed by atoms with Crippen molar-refractivity contribution in [3.05, 3.63) is 29.8 Å². The van der Waals surface area contributed by atoms with Crippen molar-refractivity contribution >= 4 is 5.91 Å². The van der Waals surface area contributed by atoms with Gasteiger partial charge in [0, 0.05) is 25.0 Å². The monoisotopic (exact) mass is 335 g/mol. The Kier molecular flexibility index (Phi) is 8.19. The zero-order valence-electron chi connectivity index (χ0n) is 14.1. The quantitative estimate of drug-likeness (QED) is 0.448. The average molecular weight is 335 g/mol. The molecule has 0 aromatic heterocycles. The summed E-state index contributed by atoms with van der Waals surface area (Å²) in [5.74, 6) is 0.197. The second-order valence-corrected chi connectivity index (χ2v) is 6.07. The van der Waals surface area contributed by atoms with Crippen molar-refractivity contribution in [2.45, 2.75) is 20.0 Å². The number of nitrogens with one attached hydrogen (secondary N) is 2. The van der Waals surface area contributed by atoms with Crippen LogP contribution in [0.2, 0.25) is 0 Å². The summed E-state index contributed by atoms with van der Waals surface area (Å²) in [7, 11) is 0. The Morgan fingerprint density at radius 2 is 1.96 bits per heavy atom. The van der Waals surface area contributed by atoms with Gasteiger partial charge in [0.15, 0.2) is 0 Å². The van der Waals surface area contributed by atoms with Crippen molar-refractivity contribution in [1.82, 2.24) is 10.6 Å². The molecule has 0 bridgehead atoms. The summed E-state index contributed by atoms with van der Waals surface area (Å²) in [5.41, 5.74) is -0.283. The van der Waals surface area contributed by atoms with Crippen LogP contribution in [0.15, 0.2) is 24.3 Å². The van der Waals surface area contributed by atoms with E-state index in [0.717, 1.165) is 0 Å². The minimum Gasteiger partial charge on any atom is -0.492 e. The van der Waals surface area contributed by atoms with E-state index < -0.39 is 17.4 Å². The van der Waals surface area contributed by atoms with Gasteiger partial charge in [0.05, 0.1) is 18.2 Å². The summed E-state index contributed by atoms with van der Waals surface area (Å²) in [4.78, 5) is 11.7. The van der Waals surface area contributed by atoms with E-state index in [4.69, 9.17) is 15.1 Å². The molecule has 0 saturated carbocycles. The molecule has 1 atom stereocenters. The van der Waals surface area contributed by atoms with Crippen LogP contribution in [0.5, 0.6) is 5.75 Å². The summed E-state index contributed by atoms with van der Waals surface area (Å²) in [6.07, 6.45) is -1.25. The summed E-state index contributed by atoms with van der Waals surface area (Å²) in [5, 5.41) is 33.4. The van der Waals surface area contributed by atoms with Gasteiger partial charge in [-0.15, -0.1) is 0 Å². The lowest BCUT2D eigenvalue weighted by Crippen LogP contribution is -2.47. The van der Waals surface area contributed by atoms with E-state index >= 15 is 0 Å². The molecule has 0 aliphatic carbocycles. The van der Waals surface area contributed by atoms with E-state index in [-0.39, 0.29) is 6.61 Å². The Bertz CT molecular complexity index is 552. The molecule has 1 rings (SSSR count). The lowest BCUT2D eigenvalue weighted by atomic mass is 9.87. The van der Waals surface area contributed by atoms with Gasteiger partial charge in [-0.1, -0.05) is 13.8 Å². The maximum absolute atomic E-state index is 11.7. The molecule has 4 N–H and O–H groups in total. The van der Waals surface area contributed by atoms with E-state index in [1.54, 1.807) is 38.1 Å². The largest absolute Gasteiger partial charge is 0.492 e. The highest BCUT2D eigenvalue weighted by Gasteiger charge is 2.32. The van der Waals surface area contributed by atoms with Crippen LogP contribution in [0.3, 0.4) is 0 Å². The van der Waals surface area contributed by atoms with Crippen LogP contribution in [0, 0.1) is 16.7 Å². The average Bonchev–Trinajstić information content (AvgIpc) is 2.60. The summed E-state index contributed by atoms with van der Waals surface area (Å²) >= 11 is 0. The zero-order chi connectivity index (χ0) is 18.0. The molecule has 0 aliphatic rings. The highest BCUT2D eigenvalue weighted by molar-refractivity contribution is 5.81. The third-order valence-corrected chi connectivity index (χ3v) is 3.53. The van der Waals surface area contributed by atoms with Gasteiger partial charge in [-0.3, -0.25) is 4.79 Å². The van der Waals surface area contributed by atoms with Crippen molar-refractivity contribution < 1.29 is 19.7 Å². The minimum absolute atomic E-state index is 0.271. The topological polar surface area (TPSA) is 115 Å². The number of benzene rings is 1. The van der Waals surface area contributed by atoms with Crippen molar-refractivity contribution in [2.75, 3.05) is 32.8 Å². The third kappa shape index (κ3) is 6.54. The second kappa shape index (κ2) is 9.88. The maximum Gasteiger partial charge on any atom is 0.249 e. The Balaban J connectivity index is 2.12. The summed E-state index contributed by atoms with van der Waals surface area (Å²) in [6.45, 7) is 4.93. The Morgan fingerprint density at radius 3 is 2.54 bits per heavy atom. The molecule has 1 unspecified atom stereocenters. The van der Waals surface area contributed by atoms with E-state index in [1.807, 2.05) is 6.07 Å². The molecule has 7 nitrogen and oxygen atoms in total. The number of nitriles is 1. The Labute approximate surface area is 142 Å². The molecule has 0 radical (unpaired) electrons. The molecule has 132 valence electrons. The molecule has 1 aromatic rings. The lowest BCUT2D eigenvalue weighted by Gasteiger charge is -2.27. The molecular weight excluding hydrogens is 310 g/mol. The smallest absolute Gasteiger partial charge is 0.249 e. The van der Waals surface area contributed by atoms with Crippen LogP contribution in [0.25, 0.3) is 0 Å². The van der Waals surface area contributed by atoms with Gasteiger partial charge in [-0.05, 0) is 24.3 Å². The summed E-state index contributed by atoms with van der Waals surface area (Å²) < 4.78 is 5.50. The van der Waals surface area contributed by atoms with Crippen molar-refractivity contribution in [3.63, 3.8) is 0 Å². The van der Waals surface area contributed by atoms with Crippen LogP contribution in [-0.2, 0) is 4.79 Å². The molecule has 0 fully saturated rings. The third-order valence-electron chi connectivity index (χ3n) is 3.53. The molecule has 24 heavy (non-hydrogen) atoms.